The zero-order valence-electron chi connectivity index (χ0n) is 14.1. The first-order chi connectivity index (χ1) is 11.7. The number of hydrogen-bond acceptors (Lipinski definition) is 4. The van der Waals surface area contributed by atoms with Gasteiger partial charge in [-0.2, -0.15) is 5.21 Å². The van der Waals surface area contributed by atoms with Gasteiger partial charge in [0.1, 0.15) is 0 Å². The molecule has 0 radical (unpaired) electrons. The first kappa shape index (κ1) is 15.4. The number of carbonyl (C=O) groups excluding carboxylic acids is 1. The molecule has 128 valence electrons. The molecule has 1 unspecified atom stereocenters. The van der Waals surface area contributed by atoms with Crippen molar-refractivity contribution in [2.24, 2.45) is 11.8 Å². The summed E-state index contributed by atoms with van der Waals surface area (Å²) in [6, 6.07) is 1.85. The number of aryl methyl sites for hydroxylation is 1. The van der Waals surface area contributed by atoms with E-state index in [1.165, 1.54) is 32.1 Å². The van der Waals surface area contributed by atoms with E-state index in [9.17, 15) is 4.79 Å². The van der Waals surface area contributed by atoms with Crippen molar-refractivity contribution in [2.45, 2.75) is 45.4 Å². The van der Waals surface area contributed by atoms with Crippen LogP contribution in [0.25, 0.3) is 11.5 Å². The molecule has 1 aliphatic heterocycles. The number of nitrogens with one attached hydrogen (secondary N) is 2. The van der Waals surface area contributed by atoms with Gasteiger partial charge in [-0.3, -0.25) is 4.79 Å². The minimum absolute atomic E-state index is 0.126. The summed E-state index contributed by atoms with van der Waals surface area (Å²) in [5.74, 6) is 2.12. The Morgan fingerprint density at radius 1 is 1.21 bits per heavy atom. The average Bonchev–Trinajstić information content (AvgIpc) is 3.35. The van der Waals surface area contributed by atoms with Crippen molar-refractivity contribution in [3.8, 4) is 11.5 Å². The number of tetrazole rings is 1. The third-order valence-corrected chi connectivity index (χ3v) is 5.64. The van der Waals surface area contributed by atoms with Gasteiger partial charge in [0, 0.05) is 18.8 Å². The van der Waals surface area contributed by atoms with Crippen molar-refractivity contribution < 1.29 is 4.79 Å². The van der Waals surface area contributed by atoms with Gasteiger partial charge in [-0.15, -0.1) is 10.2 Å². The monoisotopic (exact) mass is 328 g/mol. The summed E-state index contributed by atoms with van der Waals surface area (Å²) in [5, 5.41) is 14.0. The van der Waals surface area contributed by atoms with Crippen LogP contribution >= 0.6 is 0 Å². The van der Waals surface area contributed by atoms with Crippen LogP contribution in [-0.4, -0.2) is 49.5 Å². The number of amides is 1. The Hall–Kier alpha value is -2.18. The van der Waals surface area contributed by atoms with E-state index in [0.29, 0.717) is 11.7 Å². The molecule has 7 heteroatoms. The van der Waals surface area contributed by atoms with Gasteiger partial charge in [0.25, 0.3) is 5.91 Å². The molecule has 2 aromatic heterocycles. The average molecular weight is 328 g/mol. The Kier molecular flexibility index (Phi) is 4.08. The van der Waals surface area contributed by atoms with Gasteiger partial charge in [-0.05, 0) is 42.9 Å². The van der Waals surface area contributed by atoms with E-state index in [4.69, 9.17) is 0 Å². The highest BCUT2D eigenvalue weighted by Crippen LogP contribution is 2.36. The number of H-pyrrole nitrogens is 2. The molecule has 2 fully saturated rings. The molecule has 0 bridgehead atoms. The van der Waals surface area contributed by atoms with Gasteiger partial charge in [0.15, 0.2) is 0 Å². The maximum atomic E-state index is 13.0. The standard InChI is InChI=1S/C17H24N6O/c1-11-14(9-15(18-11)16-19-21-22-20-16)17(24)23-8-4-7-13(10-23)12-5-2-3-6-12/h9,12-13,18H,2-8,10H2,1H3,(H,19,20,21,22). The van der Waals surface area contributed by atoms with E-state index in [1.54, 1.807) is 0 Å². The Morgan fingerprint density at radius 2 is 2.00 bits per heavy atom. The Bertz CT molecular complexity index is 701. The van der Waals surface area contributed by atoms with Crippen LogP contribution in [0.5, 0.6) is 0 Å². The number of aromatic amines is 2. The fourth-order valence-corrected chi connectivity index (χ4v) is 4.35. The molecular weight excluding hydrogens is 304 g/mol. The van der Waals surface area contributed by atoms with Crippen LogP contribution in [0.1, 0.15) is 54.6 Å². The Labute approximate surface area is 141 Å². The molecule has 1 aliphatic carbocycles. The number of nitrogens with zero attached hydrogens (tertiary/aromatic N) is 4. The lowest BCUT2D eigenvalue weighted by molar-refractivity contribution is 0.0628. The van der Waals surface area contributed by atoms with Crippen molar-refractivity contribution in [1.29, 1.82) is 0 Å². The predicted molar refractivity (Wildman–Crippen MR) is 89.3 cm³/mol. The summed E-state index contributed by atoms with van der Waals surface area (Å²) < 4.78 is 0. The summed E-state index contributed by atoms with van der Waals surface area (Å²) in [5.41, 5.74) is 2.32. The molecule has 1 saturated carbocycles. The summed E-state index contributed by atoms with van der Waals surface area (Å²) >= 11 is 0. The lowest BCUT2D eigenvalue weighted by Crippen LogP contribution is -2.41. The van der Waals surface area contributed by atoms with Crippen molar-refractivity contribution in [2.75, 3.05) is 13.1 Å². The fourth-order valence-electron chi connectivity index (χ4n) is 4.35. The van der Waals surface area contributed by atoms with E-state index in [0.717, 1.165) is 42.4 Å². The minimum atomic E-state index is 0.126. The van der Waals surface area contributed by atoms with E-state index in [1.807, 2.05) is 17.9 Å². The van der Waals surface area contributed by atoms with Crippen LogP contribution in [-0.2, 0) is 0 Å². The van der Waals surface area contributed by atoms with Crippen molar-refractivity contribution in [3.63, 3.8) is 0 Å². The third-order valence-electron chi connectivity index (χ3n) is 5.64. The first-order valence-electron chi connectivity index (χ1n) is 8.95. The highest BCUT2D eigenvalue weighted by Gasteiger charge is 2.32. The lowest BCUT2D eigenvalue weighted by atomic mass is 9.84. The zero-order chi connectivity index (χ0) is 16.5. The van der Waals surface area contributed by atoms with Crippen LogP contribution in [0.4, 0.5) is 0 Å². The molecule has 3 heterocycles. The topological polar surface area (TPSA) is 90.6 Å². The van der Waals surface area contributed by atoms with Crippen molar-refractivity contribution in [1.82, 2.24) is 30.5 Å². The molecule has 1 atom stereocenters. The number of likely N-dealkylation sites (tertiary alicyclic amines) is 1. The largest absolute Gasteiger partial charge is 0.355 e. The molecule has 0 aromatic carbocycles. The molecule has 2 N–H and O–H groups in total. The molecule has 4 rings (SSSR count). The van der Waals surface area contributed by atoms with Crippen LogP contribution in [0, 0.1) is 18.8 Å². The summed E-state index contributed by atoms with van der Waals surface area (Å²) in [4.78, 5) is 18.3. The number of rotatable bonds is 3. The second-order valence-electron chi connectivity index (χ2n) is 7.16. The number of aromatic nitrogens is 5. The maximum absolute atomic E-state index is 13.0. The fraction of sp³-hybridized carbons (Fsp3) is 0.647. The smallest absolute Gasteiger partial charge is 0.255 e. The zero-order valence-corrected chi connectivity index (χ0v) is 14.1. The van der Waals surface area contributed by atoms with E-state index in [-0.39, 0.29) is 5.91 Å². The molecule has 2 aromatic rings. The molecule has 7 nitrogen and oxygen atoms in total. The first-order valence-corrected chi connectivity index (χ1v) is 8.95. The van der Waals surface area contributed by atoms with Crippen molar-refractivity contribution in [3.05, 3.63) is 17.3 Å². The molecule has 24 heavy (non-hydrogen) atoms. The van der Waals surface area contributed by atoms with Gasteiger partial charge < -0.3 is 9.88 Å². The highest BCUT2D eigenvalue weighted by molar-refractivity contribution is 5.96. The van der Waals surface area contributed by atoms with E-state index in [2.05, 4.69) is 25.6 Å². The number of hydrogen-bond donors (Lipinski definition) is 2. The van der Waals surface area contributed by atoms with Gasteiger partial charge in [0.05, 0.1) is 11.3 Å². The molecule has 0 spiro atoms. The second-order valence-corrected chi connectivity index (χ2v) is 7.16. The molecular formula is C17H24N6O. The maximum Gasteiger partial charge on any atom is 0.255 e. The number of piperidine rings is 1. The molecule has 1 saturated heterocycles. The molecule has 1 amide bonds. The number of carbonyl (C=O) groups is 1. The van der Waals surface area contributed by atoms with Gasteiger partial charge >= 0.3 is 0 Å². The molecule has 2 aliphatic rings. The van der Waals surface area contributed by atoms with Crippen LogP contribution in [0.2, 0.25) is 0 Å². The highest BCUT2D eigenvalue weighted by atomic mass is 16.2. The van der Waals surface area contributed by atoms with E-state index >= 15 is 0 Å². The summed E-state index contributed by atoms with van der Waals surface area (Å²) in [6.07, 6.45) is 7.80. The van der Waals surface area contributed by atoms with Gasteiger partial charge in [0.2, 0.25) is 5.82 Å². The predicted octanol–water partition coefficient (Wildman–Crippen LogP) is 2.55. The van der Waals surface area contributed by atoms with E-state index < -0.39 is 0 Å². The normalized spacial score (nSPS) is 22.2. The van der Waals surface area contributed by atoms with Crippen LogP contribution in [0.15, 0.2) is 6.07 Å². The Balaban J connectivity index is 1.50. The Morgan fingerprint density at radius 3 is 2.75 bits per heavy atom. The quantitative estimate of drug-likeness (QED) is 0.906. The minimum Gasteiger partial charge on any atom is -0.355 e. The van der Waals surface area contributed by atoms with Crippen molar-refractivity contribution >= 4 is 5.91 Å². The van der Waals surface area contributed by atoms with Crippen LogP contribution in [0.3, 0.4) is 0 Å². The van der Waals surface area contributed by atoms with Gasteiger partial charge in [-0.1, -0.05) is 25.7 Å². The van der Waals surface area contributed by atoms with Gasteiger partial charge in [-0.25, -0.2) is 0 Å². The summed E-state index contributed by atoms with van der Waals surface area (Å²) in [6.45, 7) is 3.70. The lowest BCUT2D eigenvalue weighted by Gasteiger charge is -2.35. The van der Waals surface area contributed by atoms with Crippen LogP contribution < -0.4 is 0 Å². The summed E-state index contributed by atoms with van der Waals surface area (Å²) in [7, 11) is 0. The SMILES string of the molecule is Cc1[nH]c(-c2nn[nH]n2)cc1C(=O)N1CCCC(C2CCCC2)C1. The third kappa shape index (κ3) is 2.83. The second kappa shape index (κ2) is 6.37.